The molecule has 1 heterocycles. The number of rotatable bonds is 2. The van der Waals surface area contributed by atoms with Crippen molar-refractivity contribution in [3.05, 3.63) is 17.0 Å². The Morgan fingerprint density at radius 2 is 2.06 bits per heavy atom. The van der Waals surface area contributed by atoms with Gasteiger partial charge < -0.3 is 5.32 Å². The van der Waals surface area contributed by atoms with Crippen LogP contribution in [-0.2, 0) is 0 Å². The lowest BCUT2D eigenvalue weighted by molar-refractivity contribution is 0.349. The van der Waals surface area contributed by atoms with Crippen LogP contribution in [0.25, 0.3) is 0 Å². The molecule has 0 amide bonds. The molecule has 88 valence electrons. The maximum atomic E-state index is 5.91. The van der Waals surface area contributed by atoms with E-state index in [1.165, 1.54) is 25.7 Å². The first kappa shape index (κ1) is 11.6. The van der Waals surface area contributed by atoms with Gasteiger partial charge in [-0.15, -0.1) is 0 Å². The van der Waals surface area contributed by atoms with Crippen LogP contribution >= 0.6 is 11.6 Å². The number of hydrogen-bond acceptors (Lipinski definition) is 3. The van der Waals surface area contributed by atoms with E-state index >= 15 is 0 Å². The number of nitrogens with zero attached hydrogens (tertiary/aromatic N) is 2. The molecule has 1 saturated carbocycles. The molecule has 1 aliphatic carbocycles. The zero-order valence-corrected chi connectivity index (χ0v) is 10.6. The van der Waals surface area contributed by atoms with E-state index < -0.39 is 0 Å². The molecule has 1 fully saturated rings. The quantitative estimate of drug-likeness (QED) is 0.804. The highest BCUT2D eigenvalue weighted by Crippen LogP contribution is 2.26. The van der Waals surface area contributed by atoms with Crippen molar-refractivity contribution in [2.24, 2.45) is 5.92 Å². The molecule has 0 bridgehead atoms. The number of nitrogens with one attached hydrogen (secondary N) is 1. The van der Waals surface area contributed by atoms with Crippen molar-refractivity contribution in [2.75, 3.05) is 5.32 Å². The Bertz CT molecular complexity index is 347. The lowest BCUT2D eigenvalue weighted by atomic mass is 9.86. The van der Waals surface area contributed by atoms with Crippen LogP contribution in [0.1, 0.15) is 38.4 Å². The van der Waals surface area contributed by atoms with Crippen LogP contribution in [0.4, 0.5) is 5.82 Å². The van der Waals surface area contributed by atoms with Crippen LogP contribution in [0, 0.1) is 12.8 Å². The van der Waals surface area contributed by atoms with Crippen LogP contribution < -0.4 is 5.32 Å². The maximum absolute atomic E-state index is 5.91. The molecule has 1 aromatic rings. The lowest BCUT2D eigenvalue weighted by Crippen LogP contribution is -2.30. The summed E-state index contributed by atoms with van der Waals surface area (Å²) in [5.41, 5.74) is 0. The second-order valence-electron chi connectivity index (χ2n) is 4.64. The van der Waals surface area contributed by atoms with Crippen LogP contribution in [0.5, 0.6) is 0 Å². The molecule has 0 saturated heterocycles. The second kappa shape index (κ2) is 5.00. The standard InChI is InChI=1S/C12H18ClN3/c1-8-5-3-4-6-10(8)16-12-7-11(13)14-9(2)15-12/h7-8,10H,3-6H2,1-2H3,(H,14,15,16). The van der Waals surface area contributed by atoms with Crippen molar-refractivity contribution in [1.82, 2.24) is 9.97 Å². The topological polar surface area (TPSA) is 37.8 Å². The third kappa shape index (κ3) is 2.85. The van der Waals surface area contributed by atoms with E-state index in [2.05, 4.69) is 22.2 Å². The molecule has 3 nitrogen and oxygen atoms in total. The monoisotopic (exact) mass is 239 g/mol. The minimum atomic E-state index is 0.512. The summed E-state index contributed by atoms with van der Waals surface area (Å²) < 4.78 is 0. The largest absolute Gasteiger partial charge is 0.367 e. The second-order valence-corrected chi connectivity index (χ2v) is 5.02. The van der Waals surface area contributed by atoms with Crippen molar-refractivity contribution >= 4 is 17.4 Å². The molecule has 1 N–H and O–H groups in total. The Morgan fingerprint density at radius 1 is 1.31 bits per heavy atom. The molecule has 0 aliphatic heterocycles. The first-order valence-corrected chi connectivity index (χ1v) is 6.30. The summed E-state index contributed by atoms with van der Waals surface area (Å²) in [6, 6.07) is 2.33. The Balaban J connectivity index is 2.07. The molecule has 1 aromatic heterocycles. The third-order valence-corrected chi connectivity index (χ3v) is 3.45. The average molecular weight is 240 g/mol. The van der Waals surface area contributed by atoms with Gasteiger partial charge in [0.1, 0.15) is 16.8 Å². The van der Waals surface area contributed by atoms with Crippen molar-refractivity contribution < 1.29 is 0 Å². The first-order chi connectivity index (χ1) is 7.65. The molecule has 16 heavy (non-hydrogen) atoms. The summed E-state index contributed by atoms with van der Waals surface area (Å²) in [6.45, 7) is 4.16. The van der Waals surface area contributed by atoms with Crippen LogP contribution in [0.15, 0.2) is 6.07 Å². The van der Waals surface area contributed by atoms with Crippen molar-refractivity contribution in [1.29, 1.82) is 0 Å². The smallest absolute Gasteiger partial charge is 0.134 e. The van der Waals surface area contributed by atoms with Gasteiger partial charge >= 0.3 is 0 Å². The van der Waals surface area contributed by atoms with Gasteiger partial charge in [-0.25, -0.2) is 9.97 Å². The van der Waals surface area contributed by atoms with E-state index in [0.717, 1.165) is 11.6 Å². The molecule has 0 aromatic carbocycles. The van der Waals surface area contributed by atoms with Crippen molar-refractivity contribution in [3.63, 3.8) is 0 Å². The van der Waals surface area contributed by atoms with Gasteiger partial charge in [-0.3, -0.25) is 0 Å². The Morgan fingerprint density at radius 3 is 2.75 bits per heavy atom. The van der Waals surface area contributed by atoms with Gasteiger partial charge in [0.15, 0.2) is 0 Å². The highest BCUT2D eigenvalue weighted by Gasteiger charge is 2.21. The van der Waals surface area contributed by atoms with E-state index in [1.54, 1.807) is 6.07 Å². The van der Waals surface area contributed by atoms with E-state index in [9.17, 15) is 0 Å². The number of aromatic nitrogens is 2. The lowest BCUT2D eigenvalue weighted by Gasteiger charge is -2.29. The third-order valence-electron chi connectivity index (χ3n) is 3.25. The fourth-order valence-electron chi connectivity index (χ4n) is 2.33. The SMILES string of the molecule is Cc1nc(Cl)cc(NC2CCCCC2C)n1. The average Bonchev–Trinajstić information content (AvgIpc) is 2.20. The predicted molar refractivity (Wildman–Crippen MR) is 66.8 cm³/mol. The first-order valence-electron chi connectivity index (χ1n) is 5.93. The van der Waals surface area contributed by atoms with Gasteiger partial charge in [-0.1, -0.05) is 31.4 Å². The fourth-order valence-corrected chi connectivity index (χ4v) is 2.55. The van der Waals surface area contributed by atoms with Crippen LogP contribution in [0.3, 0.4) is 0 Å². The Hall–Kier alpha value is -0.830. The highest BCUT2D eigenvalue weighted by molar-refractivity contribution is 6.29. The maximum Gasteiger partial charge on any atom is 0.134 e. The van der Waals surface area contributed by atoms with Gasteiger partial charge in [0, 0.05) is 12.1 Å². The Kier molecular flexibility index (Phi) is 3.64. The predicted octanol–water partition coefficient (Wildman–Crippen LogP) is 3.43. The van der Waals surface area contributed by atoms with Crippen molar-refractivity contribution in [2.45, 2.75) is 45.6 Å². The zero-order chi connectivity index (χ0) is 11.5. The number of anilines is 1. The fraction of sp³-hybridized carbons (Fsp3) is 0.667. The van der Waals surface area contributed by atoms with Gasteiger partial charge in [0.2, 0.25) is 0 Å². The van der Waals surface area contributed by atoms with Gasteiger partial charge in [-0.05, 0) is 25.7 Å². The molecule has 2 atom stereocenters. The molecule has 2 rings (SSSR count). The van der Waals surface area contributed by atoms with Crippen molar-refractivity contribution in [3.8, 4) is 0 Å². The summed E-state index contributed by atoms with van der Waals surface area (Å²) >= 11 is 5.91. The normalized spacial score (nSPS) is 25.4. The molecule has 0 spiro atoms. The molecule has 1 aliphatic rings. The number of aryl methyl sites for hydroxylation is 1. The van der Waals surface area contributed by atoms with E-state index in [1.807, 2.05) is 6.92 Å². The summed E-state index contributed by atoms with van der Waals surface area (Å²) in [6.07, 6.45) is 5.18. The summed E-state index contributed by atoms with van der Waals surface area (Å²) in [7, 11) is 0. The minimum Gasteiger partial charge on any atom is -0.367 e. The molecule has 0 radical (unpaired) electrons. The highest BCUT2D eigenvalue weighted by atomic mass is 35.5. The van der Waals surface area contributed by atoms with E-state index in [4.69, 9.17) is 11.6 Å². The summed E-state index contributed by atoms with van der Waals surface area (Å²) in [5.74, 6) is 2.29. The molecular formula is C12H18ClN3. The summed E-state index contributed by atoms with van der Waals surface area (Å²) in [4.78, 5) is 8.42. The van der Waals surface area contributed by atoms with E-state index in [0.29, 0.717) is 17.1 Å². The minimum absolute atomic E-state index is 0.512. The van der Waals surface area contributed by atoms with E-state index in [-0.39, 0.29) is 0 Å². The van der Waals surface area contributed by atoms with Gasteiger partial charge in [0.25, 0.3) is 0 Å². The Labute approximate surface area is 102 Å². The summed E-state index contributed by atoms with van der Waals surface area (Å²) in [5, 5.41) is 3.99. The molecule has 2 unspecified atom stereocenters. The molecule has 4 heteroatoms. The number of hydrogen-bond donors (Lipinski definition) is 1. The zero-order valence-electron chi connectivity index (χ0n) is 9.83. The van der Waals surface area contributed by atoms with Crippen LogP contribution in [-0.4, -0.2) is 16.0 Å². The van der Waals surface area contributed by atoms with Gasteiger partial charge in [0.05, 0.1) is 0 Å². The number of halogens is 1. The van der Waals surface area contributed by atoms with Crippen LogP contribution in [0.2, 0.25) is 5.15 Å². The van der Waals surface area contributed by atoms with Gasteiger partial charge in [-0.2, -0.15) is 0 Å². The molecular weight excluding hydrogens is 222 g/mol.